The zero-order chi connectivity index (χ0) is 18.8. The van der Waals surface area contributed by atoms with Crippen molar-refractivity contribution >= 4 is 24.0 Å². The molecule has 27 heavy (non-hydrogen) atoms. The van der Waals surface area contributed by atoms with Crippen LogP contribution in [-0.4, -0.2) is 25.2 Å². The van der Waals surface area contributed by atoms with Gasteiger partial charge in [0.1, 0.15) is 12.4 Å². The third-order valence-electron chi connectivity index (χ3n) is 3.76. The molecule has 2 aromatic carbocycles. The first-order valence-corrected chi connectivity index (χ1v) is 8.95. The number of anilines is 1. The summed E-state index contributed by atoms with van der Waals surface area (Å²) in [6, 6.07) is 16.7. The zero-order valence-corrected chi connectivity index (χ0v) is 16.7. The lowest BCUT2D eigenvalue weighted by Gasteiger charge is -2.14. The lowest BCUT2D eigenvalue weighted by Crippen LogP contribution is -2.36. The third kappa shape index (κ3) is 8.91. The van der Waals surface area contributed by atoms with E-state index in [2.05, 4.69) is 5.32 Å². The Balaban J connectivity index is 0.00000364. The number of hydrogen-bond donors (Lipinski definition) is 2. The fourth-order valence-electron chi connectivity index (χ4n) is 2.51. The normalized spacial score (nSPS) is 11.6. The molecule has 0 aliphatic heterocycles. The van der Waals surface area contributed by atoms with Crippen LogP contribution in [-0.2, 0) is 16.1 Å². The van der Waals surface area contributed by atoms with Crippen molar-refractivity contribution < 1.29 is 14.3 Å². The Morgan fingerprint density at radius 2 is 1.81 bits per heavy atom. The van der Waals surface area contributed by atoms with E-state index in [1.165, 1.54) is 0 Å². The third-order valence-corrected chi connectivity index (χ3v) is 3.76. The molecule has 0 aliphatic rings. The number of nitrogens with two attached hydrogens (primary N) is 1. The van der Waals surface area contributed by atoms with Crippen LogP contribution in [0.2, 0.25) is 0 Å². The van der Waals surface area contributed by atoms with Gasteiger partial charge in [-0.15, -0.1) is 12.4 Å². The van der Waals surface area contributed by atoms with Gasteiger partial charge in [-0.2, -0.15) is 0 Å². The second kappa shape index (κ2) is 12.3. The predicted octanol–water partition coefficient (Wildman–Crippen LogP) is 4.02. The molecule has 2 rings (SSSR count). The monoisotopic (exact) mass is 392 g/mol. The van der Waals surface area contributed by atoms with Crippen molar-refractivity contribution in [3.63, 3.8) is 0 Å². The van der Waals surface area contributed by atoms with E-state index in [0.29, 0.717) is 32.2 Å². The maximum absolute atomic E-state index is 12.1. The topological polar surface area (TPSA) is 73.6 Å². The van der Waals surface area contributed by atoms with Gasteiger partial charge in [0.05, 0.1) is 19.3 Å². The number of amides is 1. The van der Waals surface area contributed by atoms with Gasteiger partial charge in [0, 0.05) is 5.69 Å². The number of rotatable bonds is 10. The fourth-order valence-corrected chi connectivity index (χ4v) is 2.51. The van der Waals surface area contributed by atoms with E-state index in [9.17, 15) is 4.79 Å². The maximum atomic E-state index is 12.1. The highest BCUT2D eigenvalue weighted by molar-refractivity contribution is 5.94. The Bertz CT molecular complexity index is 680. The van der Waals surface area contributed by atoms with Crippen molar-refractivity contribution in [1.82, 2.24) is 0 Å². The molecule has 1 atom stereocenters. The molecule has 0 saturated carbocycles. The molecule has 1 amide bonds. The first-order chi connectivity index (χ1) is 12.5. The van der Waals surface area contributed by atoms with Crippen molar-refractivity contribution in [3.8, 4) is 5.75 Å². The standard InChI is InChI=1S/C21H28N2O3.ClH/c1-16(2)13-20(22)21(24)23-18-8-6-7-17(14-18)15-25-11-12-26-19-9-4-3-5-10-19;/h3-10,14,16,20H,11-13,15,22H2,1-2H3,(H,23,24);1H/t20-;/m0./s1. The average molecular weight is 393 g/mol. The maximum Gasteiger partial charge on any atom is 0.241 e. The van der Waals surface area contributed by atoms with Crippen LogP contribution in [0.4, 0.5) is 5.69 Å². The van der Waals surface area contributed by atoms with Crippen molar-refractivity contribution in [1.29, 1.82) is 0 Å². The summed E-state index contributed by atoms with van der Waals surface area (Å²) in [5, 5.41) is 2.87. The van der Waals surface area contributed by atoms with Gasteiger partial charge in [0.25, 0.3) is 0 Å². The summed E-state index contributed by atoms with van der Waals surface area (Å²) in [7, 11) is 0. The van der Waals surface area contributed by atoms with Gasteiger partial charge in [-0.1, -0.05) is 44.2 Å². The number of halogens is 1. The summed E-state index contributed by atoms with van der Waals surface area (Å²) < 4.78 is 11.2. The minimum absolute atomic E-state index is 0. The molecule has 6 heteroatoms. The molecule has 0 unspecified atom stereocenters. The lowest BCUT2D eigenvalue weighted by atomic mass is 10.0. The summed E-state index contributed by atoms with van der Waals surface area (Å²) in [5.41, 5.74) is 7.63. The summed E-state index contributed by atoms with van der Waals surface area (Å²) >= 11 is 0. The van der Waals surface area contributed by atoms with Gasteiger partial charge in [-0.25, -0.2) is 0 Å². The number of carbonyl (C=O) groups is 1. The summed E-state index contributed by atoms with van der Waals surface area (Å²) in [5.74, 6) is 1.06. The molecule has 0 aromatic heterocycles. The van der Waals surface area contributed by atoms with Crippen molar-refractivity contribution in [3.05, 3.63) is 60.2 Å². The molecule has 2 aromatic rings. The minimum atomic E-state index is -0.495. The van der Waals surface area contributed by atoms with Crippen LogP contribution in [0, 0.1) is 5.92 Å². The number of benzene rings is 2. The second-order valence-corrected chi connectivity index (χ2v) is 6.64. The molecule has 0 bridgehead atoms. The fraction of sp³-hybridized carbons (Fsp3) is 0.381. The molecular weight excluding hydrogens is 364 g/mol. The predicted molar refractivity (Wildman–Crippen MR) is 111 cm³/mol. The van der Waals surface area contributed by atoms with E-state index in [1.807, 2.05) is 68.4 Å². The molecule has 3 N–H and O–H groups in total. The zero-order valence-electron chi connectivity index (χ0n) is 15.9. The first kappa shape index (κ1) is 23.0. The summed E-state index contributed by atoms with van der Waals surface area (Å²) in [6.07, 6.45) is 0.663. The minimum Gasteiger partial charge on any atom is -0.491 e. The van der Waals surface area contributed by atoms with Crippen molar-refractivity contribution in [2.24, 2.45) is 11.7 Å². The Hall–Kier alpha value is -2.08. The van der Waals surface area contributed by atoms with E-state index in [-0.39, 0.29) is 18.3 Å². The number of hydrogen-bond acceptors (Lipinski definition) is 4. The number of ether oxygens (including phenoxy) is 2. The highest BCUT2D eigenvalue weighted by Crippen LogP contribution is 2.13. The molecule has 148 valence electrons. The first-order valence-electron chi connectivity index (χ1n) is 8.95. The number of nitrogens with one attached hydrogen (secondary N) is 1. The van der Waals surface area contributed by atoms with Gasteiger partial charge in [0.2, 0.25) is 5.91 Å². The molecule has 0 spiro atoms. The van der Waals surface area contributed by atoms with Gasteiger partial charge in [-0.05, 0) is 42.2 Å². The van der Waals surface area contributed by atoms with E-state index >= 15 is 0 Å². The van der Waals surface area contributed by atoms with Crippen LogP contribution < -0.4 is 15.8 Å². The van der Waals surface area contributed by atoms with Crippen LogP contribution in [0.1, 0.15) is 25.8 Å². The van der Waals surface area contributed by atoms with Crippen LogP contribution in [0.25, 0.3) is 0 Å². The van der Waals surface area contributed by atoms with E-state index in [0.717, 1.165) is 17.0 Å². The van der Waals surface area contributed by atoms with E-state index < -0.39 is 6.04 Å². The van der Waals surface area contributed by atoms with Crippen molar-refractivity contribution in [2.45, 2.75) is 32.9 Å². The lowest BCUT2D eigenvalue weighted by molar-refractivity contribution is -0.117. The van der Waals surface area contributed by atoms with Crippen LogP contribution >= 0.6 is 12.4 Å². The van der Waals surface area contributed by atoms with Crippen molar-refractivity contribution in [2.75, 3.05) is 18.5 Å². The van der Waals surface area contributed by atoms with Gasteiger partial charge in [0.15, 0.2) is 0 Å². The van der Waals surface area contributed by atoms with E-state index in [4.69, 9.17) is 15.2 Å². The molecule has 0 radical (unpaired) electrons. The highest BCUT2D eigenvalue weighted by atomic mass is 35.5. The molecule has 0 fully saturated rings. The summed E-state index contributed by atoms with van der Waals surface area (Å²) in [6.45, 7) is 5.54. The Morgan fingerprint density at radius 3 is 2.52 bits per heavy atom. The smallest absolute Gasteiger partial charge is 0.241 e. The Kier molecular flexibility index (Phi) is 10.5. The average Bonchev–Trinajstić information content (AvgIpc) is 2.62. The van der Waals surface area contributed by atoms with Gasteiger partial charge < -0.3 is 20.5 Å². The quantitative estimate of drug-likeness (QED) is 0.599. The van der Waals surface area contributed by atoms with Gasteiger partial charge >= 0.3 is 0 Å². The van der Waals surface area contributed by atoms with Gasteiger partial charge in [-0.3, -0.25) is 4.79 Å². The van der Waals surface area contributed by atoms with Crippen LogP contribution in [0.3, 0.4) is 0 Å². The van der Waals surface area contributed by atoms with Crippen LogP contribution in [0.5, 0.6) is 5.75 Å². The highest BCUT2D eigenvalue weighted by Gasteiger charge is 2.15. The van der Waals surface area contributed by atoms with Crippen LogP contribution in [0.15, 0.2) is 54.6 Å². The number of para-hydroxylation sites is 1. The Labute approximate surface area is 167 Å². The second-order valence-electron chi connectivity index (χ2n) is 6.64. The van der Waals surface area contributed by atoms with E-state index in [1.54, 1.807) is 0 Å². The molecule has 0 heterocycles. The molecule has 0 saturated heterocycles. The molecule has 0 aliphatic carbocycles. The SMILES string of the molecule is CC(C)C[C@H](N)C(=O)Nc1cccc(COCCOc2ccccc2)c1.Cl. The molecule has 5 nitrogen and oxygen atoms in total. The summed E-state index contributed by atoms with van der Waals surface area (Å²) in [4.78, 5) is 12.1. The molecular formula is C21H29ClN2O3. The Morgan fingerprint density at radius 1 is 1.07 bits per heavy atom. The number of carbonyl (C=O) groups excluding carboxylic acids is 1. The largest absolute Gasteiger partial charge is 0.491 e.